The Balaban J connectivity index is 1.57. The van der Waals surface area contributed by atoms with E-state index in [4.69, 9.17) is 34.8 Å². The maximum Gasteiger partial charge on any atom is 0.0966 e. The third kappa shape index (κ3) is 12.8. The first-order chi connectivity index (χ1) is 23.4. The molecule has 1 aromatic carbocycles. The maximum atomic E-state index is 6.88. The van der Waals surface area contributed by atoms with Crippen molar-refractivity contribution < 1.29 is 0 Å². The van der Waals surface area contributed by atoms with Crippen LogP contribution in [-0.4, -0.2) is 0 Å². The molecule has 0 saturated heterocycles. The molecule has 0 amide bonds. The standard InChI is InChI=1S/C42H57Cl3S3/c1-4-7-10-13-16-19-22-31-28-37(46-40(31)43)34-25-35(38-29-32(41(44)47-38)23-20-17-14-11-8-5-2)27-36(26-34)39-30-33(42(45)48-39)24-21-18-15-12-9-6-3/h25-30H,4-24H2,1-3H3. The highest BCUT2D eigenvalue weighted by Crippen LogP contribution is 2.44. The minimum atomic E-state index is 0.936. The van der Waals surface area contributed by atoms with E-state index in [-0.39, 0.29) is 0 Å². The SMILES string of the molecule is CCCCCCCCc1cc(-c2cc(-c3cc(CCCCCCCC)c(Cl)s3)cc(-c3cc(CCCCCCCC)c(Cl)s3)c2)sc1Cl. The van der Waals surface area contributed by atoms with Gasteiger partial charge in [0.25, 0.3) is 0 Å². The summed E-state index contributed by atoms with van der Waals surface area (Å²) >= 11 is 25.8. The number of rotatable bonds is 24. The summed E-state index contributed by atoms with van der Waals surface area (Å²) in [4.78, 5) is 3.73. The summed E-state index contributed by atoms with van der Waals surface area (Å²) in [7, 11) is 0. The fourth-order valence-electron chi connectivity index (χ4n) is 6.50. The van der Waals surface area contributed by atoms with Crippen molar-refractivity contribution in [3.05, 3.63) is 66.1 Å². The summed E-state index contributed by atoms with van der Waals surface area (Å²) in [5.41, 5.74) is 7.56. The van der Waals surface area contributed by atoms with Crippen LogP contribution < -0.4 is 0 Å². The molecule has 0 fully saturated rings. The van der Waals surface area contributed by atoms with E-state index in [2.05, 4.69) is 57.2 Å². The highest BCUT2D eigenvalue weighted by atomic mass is 35.5. The Kier molecular flexibility index (Phi) is 18.5. The van der Waals surface area contributed by atoms with Crippen molar-refractivity contribution in [3.8, 4) is 31.3 Å². The molecule has 0 N–H and O–H groups in total. The van der Waals surface area contributed by atoms with E-state index in [1.165, 1.54) is 164 Å². The van der Waals surface area contributed by atoms with E-state index in [1.54, 1.807) is 34.0 Å². The Labute approximate surface area is 319 Å². The van der Waals surface area contributed by atoms with Gasteiger partial charge in [-0.15, -0.1) is 34.0 Å². The number of unbranched alkanes of at least 4 members (excludes halogenated alkanes) is 15. The lowest BCUT2D eigenvalue weighted by atomic mass is 10.00. The lowest BCUT2D eigenvalue weighted by Gasteiger charge is -2.07. The normalized spacial score (nSPS) is 11.6. The third-order valence-corrected chi connectivity index (χ3v) is 13.9. The minimum Gasteiger partial charge on any atom is -0.123 e. The van der Waals surface area contributed by atoms with Crippen molar-refractivity contribution in [2.24, 2.45) is 0 Å². The van der Waals surface area contributed by atoms with Gasteiger partial charge in [-0.1, -0.05) is 152 Å². The first-order valence-corrected chi connectivity index (χ1v) is 22.5. The molecule has 3 aromatic heterocycles. The molecule has 4 aromatic rings. The van der Waals surface area contributed by atoms with Gasteiger partial charge in [-0.2, -0.15) is 0 Å². The molecule has 0 saturated carbocycles. The topological polar surface area (TPSA) is 0 Å². The molecule has 4 rings (SSSR count). The molecule has 0 bridgehead atoms. The zero-order valence-corrected chi connectivity index (χ0v) is 34.4. The van der Waals surface area contributed by atoms with E-state index in [0.29, 0.717) is 0 Å². The first kappa shape index (κ1) is 40.0. The smallest absolute Gasteiger partial charge is 0.0966 e. The van der Waals surface area contributed by atoms with Crippen molar-refractivity contribution >= 4 is 68.8 Å². The Hall–Kier alpha value is -0.810. The number of benzene rings is 1. The molecule has 0 aliphatic heterocycles. The highest BCUT2D eigenvalue weighted by molar-refractivity contribution is 7.20. The van der Waals surface area contributed by atoms with Gasteiger partial charge in [-0.05, 0) is 108 Å². The monoisotopic (exact) mass is 762 g/mol. The fourth-order valence-corrected chi connectivity index (χ4v) is 10.5. The van der Waals surface area contributed by atoms with E-state index in [9.17, 15) is 0 Å². The molecule has 0 aliphatic carbocycles. The van der Waals surface area contributed by atoms with Gasteiger partial charge >= 0.3 is 0 Å². The van der Waals surface area contributed by atoms with Crippen LogP contribution in [-0.2, 0) is 19.3 Å². The van der Waals surface area contributed by atoms with Crippen LogP contribution in [0.3, 0.4) is 0 Å². The van der Waals surface area contributed by atoms with Gasteiger partial charge in [0.05, 0.1) is 13.0 Å². The van der Waals surface area contributed by atoms with Crippen LogP contribution in [0.5, 0.6) is 0 Å². The van der Waals surface area contributed by atoms with E-state index < -0.39 is 0 Å². The highest BCUT2D eigenvalue weighted by Gasteiger charge is 2.17. The predicted molar refractivity (Wildman–Crippen MR) is 223 cm³/mol. The summed E-state index contributed by atoms with van der Waals surface area (Å²) < 4.78 is 2.81. The molecular formula is C42H57Cl3S3. The van der Waals surface area contributed by atoms with Gasteiger partial charge in [-0.25, -0.2) is 0 Å². The zero-order chi connectivity index (χ0) is 34.1. The second-order valence-electron chi connectivity index (χ2n) is 13.6. The van der Waals surface area contributed by atoms with Crippen molar-refractivity contribution in [3.63, 3.8) is 0 Å². The van der Waals surface area contributed by atoms with Crippen LogP contribution in [0.4, 0.5) is 0 Å². The summed E-state index contributed by atoms with van der Waals surface area (Å²) in [5.74, 6) is 0. The van der Waals surface area contributed by atoms with E-state index in [1.807, 2.05) is 0 Å². The summed E-state index contributed by atoms with van der Waals surface area (Å²) in [6, 6.07) is 14.1. The second-order valence-corrected chi connectivity index (χ2v) is 18.5. The van der Waals surface area contributed by atoms with E-state index in [0.717, 1.165) is 32.3 Å². The van der Waals surface area contributed by atoms with Gasteiger partial charge in [0.1, 0.15) is 0 Å². The molecule has 3 heterocycles. The zero-order valence-electron chi connectivity index (χ0n) is 29.7. The van der Waals surface area contributed by atoms with E-state index >= 15 is 0 Å². The molecule has 6 heteroatoms. The number of hydrogen-bond donors (Lipinski definition) is 0. The van der Waals surface area contributed by atoms with Gasteiger partial charge in [0, 0.05) is 14.6 Å². The molecule has 0 unspecified atom stereocenters. The van der Waals surface area contributed by atoms with Crippen LogP contribution in [0.15, 0.2) is 36.4 Å². The Morgan fingerprint density at radius 3 is 0.875 bits per heavy atom. The van der Waals surface area contributed by atoms with Crippen molar-refractivity contribution in [2.45, 2.75) is 156 Å². The van der Waals surface area contributed by atoms with Gasteiger partial charge in [-0.3, -0.25) is 0 Å². The number of halogens is 3. The third-order valence-electron chi connectivity index (χ3n) is 9.46. The van der Waals surface area contributed by atoms with Gasteiger partial charge < -0.3 is 0 Å². The molecule has 264 valence electrons. The van der Waals surface area contributed by atoms with Gasteiger partial charge in [0.15, 0.2) is 0 Å². The average molecular weight is 764 g/mol. The largest absolute Gasteiger partial charge is 0.123 e. The number of aryl methyl sites for hydroxylation is 3. The summed E-state index contributed by atoms with van der Waals surface area (Å²) in [6.07, 6.45) is 26.5. The van der Waals surface area contributed by atoms with Crippen LogP contribution in [0.25, 0.3) is 31.3 Å². The van der Waals surface area contributed by atoms with Gasteiger partial charge in [0.2, 0.25) is 0 Å². The Morgan fingerprint density at radius 2 is 0.604 bits per heavy atom. The van der Waals surface area contributed by atoms with Crippen LogP contribution in [0, 0.1) is 0 Å². The molecule has 0 aliphatic rings. The lowest BCUT2D eigenvalue weighted by molar-refractivity contribution is 0.608. The predicted octanol–water partition coefficient (Wildman–Crippen LogP) is 17.5. The van der Waals surface area contributed by atoms with Crippen molar-refractivity contribution in [2.75, 3.05) is 0 Å². The molecule has 0 atom stereocenters. The second kappa shape index (κ2) is 22.2. The first-order valence-electron chi connectivity index (χ1n) is 18.9. The van der Waals surface area contributed by atoms with Crippen LogP contribution in [0.2, 0.25) is 13.0 Å². The Bertz CT molecular complexity index is 1300. The van der Waals surface area contributed by atoms with Crippen LogP contribution in [0.1, 0.15) is 153 Å². The molecule has 48 heavy (non-hydrogen) atoms. The fraction of sp³-hybridized carbons (Fsp3) is 0.571. The summed E-state index contributed by atoms with van der Waals surface area (Å²) in [5, 5.41) is 0. The van der Waals surface area contributed by atoms with Crippen molar-refractivity contribution in [1.82, 2.24) is 0 Å². The molecule has 0 nitrogen and oxygen atoms in total. The van der Waals surface area contributed by atoms with Crippen molar-refractivity contribution in [1.29, 1.82) is 0 Å². The average Bonchev–Trinajstić information content (AvgIpc) is 3.77. The number of thiophene rings is 3. The Morgan fingerprint density at radius 1 is 0.354 bits per heavy atom. The summed E-state index contributed by atoms with van der Waals surface area (Å²) in [6.45, 7) is 6.83. The molecular weight excluding hydrogens is 707 g/mol. The minimum absolute atomic E-state index is 0.936. The quantitative estimate of drug-likeness (QED) is 0.0624. The molecule has 0 spiro atoms. The lowest BCUT2D eigenvalue weighted by Crippen LogP contribution is -1.86. The molecule has 0 radical (unpaired) electrons. The maximum absolute atomic E-state index is 6.88. The van der Waals surface area contributed by atoms with Crippen LogP contribution >= 0.6 is 68.8 Å². The number of hydrogen-bond acceptors (Lipinski definition) is 3.